The summed E-state index contributed by atoms with van der Waals surface area (Å²) in [5.74, 6) is -0.958. The fourth-order valence-electron chi connectivity index (χ4n) is 0.734. The molecular formula is C9H20O4. The molecule has 80 valence electrons. The molecule has 1 fully saturated rings. The fourth-order valence-corrected chi connectivity index (χ4v) is 0.734. The van der Waals surface area contributed by atoms with Gasteiger partial charge in [-0.2, -0.15) is 0 Å². The maximum Gasteiger partial charge on any atom is 0.159 e. The molecule has 0 amide bonds. The van der Waals surface area contributed by atoms with Crippen LogP contribution in [-0.2, 0) is 14.2 Å². The average molecular weight is 192 g/mol. The highest BCUT2D eigenvalue weighted by Gasteiger charge is 2.12. The lowest BCUT2D eigenvalue weighted by atomic mass is 10.4. The van der Waals surface area contributed by atoms with Crippen LogP contribution in [0.15, 0.2) is 0 Å². The van der Waals surface area contributed by atoms with Crippen LogP contribution >= 0.6 is 0 Å². The maximum atomic E-state index is 8.60. The van der Waals surface area contributed by atoms with E-state index in [1.165, 1.54) is 7.11 Å². The Kier molecular flexibility index (Phi) is 6.24. The van der Waals surface area contributed by atoms with Crippen molar-refractivity contribution in [2.24, 2.45) is 0 Å². The van der Waals surface area contributed by atoms with Gasteiger partial charge >= 0.3 is 0 Å². The molecule has 1 heterocycles. The summed E-state index contributed by atoms with van der Waals surface area (Å²) >= 11 is 0. The minimum absolute atomic E-state index is 0.0972. The SMILES string of the molecule is COC(C)(C)O.COC1CCCO1. The third-order valence-electron chi connectivity index (χ3n) is 1.65. The topological polar surface area (TPSA) is 47.9 Å². The second-order valence-corrected chi connectivity index (χ2v) is 3.33. The molecule has 1 unspecified atom stereocenters. The van der Waals surface area contributed by atoms with Crippen LogP contribution in [0, 0.1) is 0 Å². The Balaban J connectivity index is 0.000000226. The smallest absolute Gasteiger partial charge is 0.159 e. The first-order valence-corrected chi connectivity index (χ1v) is 4.41. The Morgan fingerprint density at radius 1 is 1.38 bits per heavy atom. The second kappa shape index (κ2) is 6.32. The number of aliphatic hydroxyl groups is 1. The normalized spacial score (nSPS) is 22.4. The van der Waals surface area contributed by atoms with Gasteiger partial charge in [-0.1, -0.05) is 0 Å². The molecule has 0 aromatic heterocycles. The van der Waals surface area contributed by atoms with Crippen LogP contribution in [0.2, 0.25) is 0 Å². The molecule has 0 bridgehead atoms. The lowest BCUT2D eigenvalue weighted by Gasteiger charge is -2.12. The van der Waals surface area contributed by atoms with Crippen molar-refractivity contribution >= 4 is 0 Å². The Morgan fingerprint density at radius 3 is 2.08 bits per heavy atom. The first-order valence-electron chi connectivity index (χ1n) is 4.41. The quantitative estimate of drug-likeness (QED) is 0.666. The van der Waals surface area contributed by atoms with Crippen molar-refractivity contribution in [1.29, 1.82) is 0 Å². The Morgan fingerprint density at radius 2 is 1.92 bits per heavy atom. The molecule has 4 heteroatoms. The van der Waals surface area contributed by atoms with Crippen molar-refractivity contribution in [3.63, 3.8) is 0 Å². The highest BCUT2D eigenvalue weighted by atomic mass is 16.7. The summed E-state index contributed by atoms with van der Waals surface area (Å²) in [7, 11) is 3.13. The van der Waals surface area contributed by atoms with E-state index in [2.05, 4.69) is 4.74 Å². The van der Waals surface area contributed by atoms with Gasteiger partial charge in [-0.15, -0.1) is 0 Å². The molecule has 0 spiro atoms. The zero-order valence-corrected chi connectivity index (χ0v) is 8.87. The number of hydrogen-bond acceptors (Lipinski definition) is 4. The zero-order chi connectivity index (χ0) is 10.3. The first kappa shape index (κ1) is 12.8. The summed E-state index contributed by atoms with van der Waals surface area (Å²) in [5.41, 5.74) is 0. The van der Waals surface area contributed by atoms with Crippen LogP contribution in [0.1, 0.15) is 26.7 Å². The van der Waals surface area contributed by atoms with Crippen LogP contribution in [0.4, 0.5) is 0 Å². The molecule has 0 saturated carbocycles. The van der Waals surface area contributed by atoms with Gasteiger partial charge in [0.2, 0.25) is 0 Å². The summed E-state index contributed by atoms with van der Waals surface area (Å²) in [6.07, 6.45) is 2.31. The number of rotatable bonds is 2. The molecule has 4 nitrogen and oxygen atoms in total. The Hall–Kier alpha value is -0.160. The molecule has 0 aliphatic carbocycles. The van der Waals surface area contributed by atoms with Crippen LogP contribution < -0.4 is 0 Å². The van der Waals surface area contributed by atoms with E-state index in [-0.39, 0.29) is 6.29 Å². The van der Waals surface area contributed by atoms with Gasteiger partial charge in [0.1, 0.15) is 0 Å². The van der Waals surface area contributed by atoms with Crippen molar-refractivity contribution in [1.82, 2.24) is 0 Å². The Bertz CT molecular complexity index is 113. The molecule has 0 aromatic rings. The molecular weight excluding hydrogens is 172 g/mol. The van der Waals surface area contributed by atoms with Crippen molar-refractivity contribution in [3.8, 4) is 0 Å². The average Bonchev–Trinajstić information content (AvgIpc) is 2.56. The largest absolute Gasteiger partial charge is 0.366 e. The fraction of sp³-hybridized carbons (Fsp3) is 1.00. The van der Waals surface area contributed by atoms with E-state index in [0.29, 0.717) is 0 Å². The number of ether oxygens (including phenoxy) is 3. The molecule has 1 N–H and O–H groups in total. The van der Waals surface area contributed by atoms with Gasteiger partial charge < -0.3 is 19.3 Å². The minimum Gasteiger partial charge on any atom is -0.366 e. The summed E-state index contributed by atoms with van der Waals surface area (Å²) in [6, 6.07) is 0. The maximum absolute atomic E-state index is 8.60. The van der Waals surface area contributed by atoms with Gasteiger partial charge in [0.15, 0.2) is 12.1 Å². The van der Waals surface area contributed by atoms with Gasteiger partial charge in [-0.05, 0) is 20.3 Å². The lowest BCUT2D eigenvalue weighted by molar-refractivity contribution is -0.155. The summed E-state index contributed by atoms with van der Waals surface area (Å²) in [4.78, 5) is 0. The highest BCUT2D eigenvalue weighted by molar-refractivity contribution is 4.52. The van der Waals surface area contributed by atoms with E-state index in [1.54, 1.807) is 21.0 Å². The first-order chi connectivity index (χ1) is 5.99. The molecule has 13 heavy (non-hydrogen) atoms. The van der Waals surface area contributed by atoms with Gasteiger partial charge in [-0.3, -0.25) is 0 Å². The van der Waals surface area contributed by atoms with E-state index in [4.69, 9.17) is 14.6 Å². The molecule has 1 aliphatic heterocycles. The van der Waals surface area contributed by atoms with Crippen molar-refractivity contribution in [2.75, 3.05) is 20.8 Å². The third kappa shape index (κ3) is 8.18. The van der Waals surface area contributed by atoms with Crippen LogP contribution in [-0.4, -0.2) is 38.0 Å². The van der Waals surface area contributed by atoms with Crippen LogP contribution in [0.3, 0.4) is 0 Å². The number of hydrogen-bond donors (Lipinski definition) is 1. The predicted molar refractivity (Wildman–Crippen MR) is 49.3 cm³/mol. The second-order valence-electron chi connectivity index (χ2n) is 3.33. The summed E-state index contributed by atoms with van der Waals surface area (Å²) in [5, 5.41) is 8.60. The van der Waals surface area contributed by atoms with E-state index >= 15 is 0 Å². The third-order valence-corrected chi connectivity index (χ3v) is 1.65. The van der Waals surface area contributed by atoms with E-state index in [1.807, 2.05) is 0 Å². The van der Waals surface area contributed by atoms with Crippen LogP contribution in [0.5, 0.6) is 0 Å². The predicted octanol–water partition coefficient (Wildman–Crippen LogP) is 1.13. The zero-order valence-electron chi connectivity index (χ0n) is 8.87. The molecule has 1 saturated heterocycles. The summed E-state index contributed by atoms with van der Waals surface area (Å²) in [6.45, 7) is 4.03. The Labute approximate surface area is 79.8 Å². The van der Waals surface area contributed by atoms with Crippen molar-refractivity contribution < 1.29 is 19.3 Å². The molecule has 1 aliphatic rings. The van der Waals surface area contributed by atoms with Gasteiger partial charge in [0.25, 0.3) is 0 Å². The minimum atomic E-state index is -0.958. The molecule has 1 atom stereocenters. The van der Waals surface area contributed by atoms with Gasteiger partial charge in [0.05, 0.1) is 0 Å². The lowest BCUT2D eigenvalue weighted by Crippen LogP contribution is -2.20. The molecule has 0 radical (unpaired) electrons. The standard InChI is InChI=1S/C5H10O2.C4H10O2/c1-6-5-3-2-4-7-5;1-4(2,5)6-3/h5H,2-4H2,1H3;5H,1-3H3. The van der Waals surface area contributed by atoms with Crippen LogP contribution in [0.25, 0.3) is 0 Å². The molecule has 1 rings (SSSR count). The molecule has 0 aromatic carbocycles. The highest BCUT2D eigenvalue weighted by Crippen LogP contribution is 2.10. The monoisotopic (exact) mass is 192 g/mol. The van der Waals surface area contributed by atoms with E-state index < -0.39 is 5.79 Å². The number of methoxy groups -OCH3 is 2. The summed E-state index contributed by atoms with van der Waals surface area (Å²) < 4.78 is 14.5. The van der Waals surface area contributed by atoms with Crippen molar-refractivity contribution in [2.45, 2.75) is 38.8 Å². The van der Waals surface area contributed by atoms with Gasteiger partial charge in [-0.25, -0.2) is 0 Å². The van der Waals surface area contributed by atoms with Gasteiger partial charge in [0, 0.05) is 27.2 Å². The van der Waals surface area contributed by atoms with E-state index in [0.717, 1.165) is 19.4 Å². The van der Waals surface area contributed by atoms with Crippen molar-refractivity contribution in [3.05, 3.63) is 0 Å². The van der Waals surface area contributed by atoms with E-state index in [9.17, 15) is 0 Å².